The third kappa shape index (κ3) is 1.50. The van der Waals surface area contributed by atoms with E-state index in [1.807, 2.05) is 0 Å². The van der Waals surface area contributed by atoms with E-state index in [1.54, 1.807) is 0 Å². The number of rotatable bonds is 2. The molecule has 1 saturated carbocycles. The van der Waals surface area contributed by atoms with Gasteiger partial charge in [0, 0.05) is 12.1 Å². The summed E-state index contributed by atoms with van der Waals surface area (Å²) in [5, 5.41) is 8.88. The molecule has 0 amide bonds. The van der Waals surface area contributed by atoms with Gasteiger partial charge < -0.3 is 10.8 Å². The number of nitrogens with zero attached hydrogens (tertiary/aromatic N) is 3. The number of aliphatic hydroxyl groups excluding tert-OH is 1. The summed E-state index contributed by atoms with van der Waals surface area (Å²) in [5.41, 5.74) is 5.85. The molecule has 0 spiro atoms. The zero-order valence-corrected chi connectivity index (χ0v) is 9.17. The fourth-order valence-electron chi connectivity index (χ4n) is 1.86. The minimum Gasteiger partial charge on any atom is -0.396 e. The fourth-order valence-corrected chi connectivity index (χ4v) is 1.86. The van der Waals surface area contributed by atoms with Crippen LogP contribution >= 0.6 is 0 Å². The van der Waals surface area contributed by atoms with Crippen molar-refractivity contribution in [1.29, 1.82) is 0 Å². The maximum Gasteiger partial charge on any atom is 0.280 e. The van der Waals surface area contributed by atoms with Crippen LogP contribution < -0.4 is 11.3 Å². The molecule has 1 aliphatic carbocycles. The molecule has 4 N–H and O–H groups in total. The molecule has 1 fully saturated rings. The zero-order valence-electron chi connectivity index (χ0n) is 9.17. The highest BCUT2D eigenvalue weighted by Crippen LogP contribution is 2.41. The van der Waals surface area contributed by atoms with Crippen molar-refractivity contribution in [3.05, 3.63) is 22.3 Å². The highest BCUT2D eigenvalue weighted by Gasteiger charge is 2.44. The van der Waals surface area contributed by atoms with E-state index >= 15 is 0 Å². The Labute approximate surface area is 99.8 Å². The van der Waals surface area contributed by atoms with Gasteiger partial charge in [0.1, 0.15) is 12.5 Å². The number of aliphatic hydroxyl groups is 1. The summed E-state index contributed by atoms with van der Waals surface area (Å²) in [6.07, 6.45) is 1.69. The van der Waals surface area contributed by atoms with Crippen LogP contribution in [0.1, 0.15) is 0 Å². The predicted molar refractivity (Wildman–Crippen MR) is 62.3 cm³/mol. The standard InChI is InChI=1S/C10H10FN5O2/c11-6-4(5(6)2-17)1-16-3-13-7-8(16)14-10(12)15-9(7)18/h1,3,5-6,17H,2H2,(H3,12,14,15,18)/b4-1+/t5-,6-/m1/s1. The van der Waals surface area contributed by atoms with E-state index < -0.39 is 17.6 Å². The third-order valence-corrected chi connectivity index (χ3v) is 2.93. The first-order valence-corrected chi connectivity index (χ1v) is 5.30. The van der Waals surface area contributed by atoms with Crippen LogP contribution in [0.25, 0.3) is 17.4 Å². The van der Waals surface area contributed by atoms with E-state index in [4.69, 9.17) is 10.8 Å². The fraction of sp³-hybridized carbons (Fsp3) is 0.300. The first-order chi connectivity index (χ1) is 8.61. The Kier molecular flexibility index (Phi) is 2.20. The van der Waals surface area contributed by atoms with Crippen molar-refractivity contribution in [2.45, 2.75) is 6.17 Å². The molecule has 0 saturated heterocycles. The number of hydrogen-bond acceptors (Lipinski definition) is 5. The second kappa shape index (κ2) is 3.64. The number of imidazole rings is 1. The molecule has 0 aromatic carbocycles. The SMILES string of the molecule is Nc1nc2c(ncn2/C=C2/[C@@H](F)[C@@H]2CO)c(=O)[nH]1. The summed E-state index contributed by atoms with van der Waals surface area (Å²) in [7, 11) is 0. The molecule has 0 unspecified atom stereocenters. The van der Waals surface area contributed by atoms with Crippen LogP contribution in [0, 0.1) is 5.92 Å². The lowest BCUT2D eigenvalue weighted by Crippen LogP contribution is -2.11. The van der Waals surface area contributed by atoms with E-state index in [-0.39, 0.29) is 23.7 Å². The summed E-state index contributed by atoms with van der Waals surface area (Å²) in [6, 6.07) is 0. The normalized spacial score (nSPS) is 24.9. The van der Waals surface area contributed by atoms with Gasteiger partial charge in [-0.2, -0.15) is 4.98 Å². The number of hydrogen-bond donors (Lipinski definition) is 3. The number of halogens is 1. The third-order valence-electron chi connectivity index (χ3n) is 2.93. The Morgan fingerprint density at radius 2 is 2.44 bits per heavy atom. The average molecular weight is 251 g/mol. The van der Waals surface area contributed by atoms with Crippen LogP contribution in [0.5, 0.6) is 0 Å². The molecule has 0 bridgehead atoms. The van der Waals surface area contributed by atoms with Crippen molar-refractivity contribution in [3.8, 4) is 0 Å². The number of nitrogens with two attached hydrogens (primary N) is 1. The lowest BCUT2D eigenvalue weighted by Gasteiger charge is -1.96. The van der Waals surface area contributed by atoms with E-state index in [2.05, 4.69) is 15.0 Å². The van der Waals surface area contributed by atoms with Gasteiger partial charge in [-0.05, 0) is 5.57 Å². The second-order valence-corrected chi connectivity index (χ2v) is 4.10. The quantitative estimate of drug-likeness (QED) is 0.666. The molecule has 0 radical (unpaired) electrons. The smallest absolute Gasteiger partial charge is 0.280 e. The van der Waals surface area contributed by atoms with Crippen molar-refractivity contribution in [3.63, 3.8) is 0 Å². The van der Waals surface area contributed by atoms with Crippen molar-refractivity contribution < 1.29 is 9.50 Å². The number of nitrogen functional groups attached to an aromatic ring is 1. The molecule has 2 aromatic heterocycles. The van der Waals surface area contributed by atoms with Crippen molar-refractivity contribution in [2.75, 3.05) is 12.3 Å². The monoisotopic (exact) mass is 251 g/mol. The Bertz CT molecular complexity index is 704. The van der Waals surface area contributed by atoms with Gasteiger partial charge >= 0.3 is 0 Å². The first-order valence-electron chi connectivity index (χ1n) is 5.30. The van der Waals surface area contributed by atoms with Gasteiger partial charge in [0.2, 0.25) is 5.95 Å². The number of nitrogens with one attached hydrogen (secondary N) is 1. The highest BCUT2D eigenvalue weighted by molar-refractivity contribution is 5.73. The maximum absolute atomic E-state index is 13.2. The minimum atomic E-state index is -1.15. The van der Waals surface area contributed by atoms with Crippen LogP contribution in [0.15, 0.2) is 16.7 Å². The van der Waals surface area contributed by atoms with Crippen LogP contribution in [-0.4, -0.2) is 37.4 Å². The van der Waals surface area contributed by atoms with Crippen LogP contribution in [0.3, 0.4) is 0 Å². The summed E-state index contributed by atoms with van der Waals surface area (Å²) in [4.78, 5) is 21.7. The van der Waals surface area contributed by atoms with Gasteiger partial charge in [-0.15, -0.1) is 0 Å². The zero-order chi connectivity index (χ0) is 12.9. The number of aromatic amines is 1. The van der Waals surface area contributed by atoms with Gasteiger partial charge in [-0.1, -0.05) is 0 Å². The van der Waals surface area contributed by atoms with Crippen molar-refractivity contribution >= 4 is 23.3 Å². The Hall–Kier alpha value is -2.22. The Morgan fingerprint density at radius 1 is 1.67 bits per heavy atom. The summed E-state index contributed by atoms with van der Waals surface area (Å²) in [5.74, 6) is -0.499. The highest BCUT2D eigenvalue weighted by atomic mass is 19.1. The molecular weight excluding hydrogens is 241 g/mol. The number of anilines is 1. The minimum absolute atomic E-state index is 0.0287. The van der Waals surface area contributed by atoms with Crippen LogP contribution in [0.2, 0.25) is 0 Å². The van der Waals surface area contributed by atoms with Gasteiger partial charge in [-0.3, -0.25) is 14.3 Å². The average Bonchev–Trinajstić information content (AvgIpc) is 2.75. The summed E-state index contributed by atoms with van der Waals surface area (Å²) in [6.45, 7) is -0.240. The number of aromatic nitrogens is 4. The summed E-state index contributed by atoms with van der Waals surface area (Å²) < 4.78 is 14.6. The van der Waals surface area contributed by atoms with E-state index in [9.17, 15) is 9.18 Å². The van der Waals surface area contributed by atoms with Gasteiger partial charge in [-0.25, -0.2) is 9.37 Å². The van der Waals surface area contributed by atoms with Gasteiger partial charge in [0.15, 0.2) is 11.2 Å². The van der Waals surface area contributed by atoms with Crippen LogP contribution in [-0.2, 0) is 0 Å². The lowest BCUT2D eigenvalue weighted by molar-refractivity contribution is 0.259. The number of H-pyrrole nitrogens is 1. The predicted octanol–water partition coefficient (Wildman–Crippen LogP) is -0.497. The van der Waals surface area contributed by atoms with Crippen LogP contribution in [0.4, 0.5) is 10.3 Å². The molecule has 1 aliphatic rings. The Morgan fingerprint density at radius 3 is 3.11 bits per heavy atom. The molecule has 8 heteroatoms. The topological polar surface area (TPSA) is 110 Å². The number of fused-ring (bicyclic) bond motifs is 1. The Balaban J connectivity index is 2.12. The maximum atomic E-state index is 13.2. The molecule has 94 valence electrons. The molecule has 7 nitrogen and oxygen atoms in total. The first kappa shape index (κ1) is 10.9. The van der Waals surface area contributed by atoms with Gasteiger partial charge in [0.25, 0.3) is 5.56 Å². The molecule has 2 aromatic rings. The van der Waals surface area contributed by atoms with Crippen molar-refractivity contribution in [2.24, 2.45) is 5.92 Å². The summed E-state index contributed by atoms with van der Waals surface area (Å²) >= 11 is 0. The molecule has 2 atom stereocenters. The van der Waals surface area contributed by atoms with Crippen molar-refractivity contribution in [1.82, 2.24) is 19.5 Å². The molecular formula is C10H10FN5O2. The molecule has 0 aliphatic heterocycles. The molecule has 2 heterocycles. The second-order valence-electron chi connectivity index (χ2n) is 4.10. The van der Waals surface area contributed by atoms with E-state index in [0.29, 0.717) is 5.57 Å². The number of alkyl halides is 1. The van der Waals surface area contributed by atoms with E-state index in [1.165, 1.54) is 17.1 Å². The molecule has 18 heavy (non-hydrogen) atoms. The van der Waals surface area contributed by atoms with E-state index in [0.717, 1.165) is 0 Å². The van der Waals surface area contributed by atoms with Gasteiger partial charge in [0.05, 0.1) is 6.61 Å². The lowest BCUT2D eigenvalue weighted by atomic mass is 10.4. The molecule has 3 rings (SSSR count). The largest absolute Gasteiger partial charge is 0.396 e.